The minimum absolute atomic E-state index is 0.0772. The number of nitrogens with one attached hydrogen (secondary N) is 2. The maximum Gasteiger partial charge on any atom is 0.215 e. The highest BCUT2D eigenvalue weighted by molar-refractivity contribution is 7.90. The Morgan fingerprint density at radius 3 is 2.25 bits per heavy atom. The minimum Gasteiger partial charge on any atom is -0.313 e. The molecule has 1 atom stereocenters. The number of hydrogen-bond donors (Lipinski definition) is 2. The van der Waals surface area contributed by atoms with E-state index in [0.717, 1.165) is 12.8 Å². The predicted molar refractivity (Wildman–Crippen MR) is 66.9 cm³/mol. The van der Waals surface area contributed by atoms with E-state index in [9.17, 15) is 8.42 Å². The zero-order chi connectivity index (χ0) is 12.2. The largest absolute Gasteiger partial charge is 0.313 e. The van der Waals surface area contributed by atoms with Crippen molar-refractivity contribution in [1.29, 1.82) is 0 Å². The molecule has 1 unspecified atom stereocenters. The van der Waals surface area contributed by atoms with Crippen molar-refractivity contribution >= 4 is 10.0 Å². The van der Waals surface area contributed by atoms with Gasteiger partial charge in [0.15, 0.2) is 0 Å². The Labute approximate surface area is 99.2 Å². The lowest BCUT2D eigenvalue weighted by Crippen LogP contribution is -2.43. The van der Waals surface area contributed by atoms with Gasteiger partial charge in [-0.05, 0) is 32.6 Å². The van der Waals surface area contributed by atoms with E-state index < -0.39 is 10.0 Å². The monoisotopic (exact) mass is 248 g/mol. The van der Waals surface area contributed by atoms with Gasteiger partial charge in [0.2, 0.25) is 10.0 Å². The van der Waals surface area contributed by atoms with Crippen LogP contribution in [0.4, 0.5) is 0 Å². The molecule has 4 nitrogen and oxygen atoms in total. The van der Waals surface area contributed by atoms with Gasteiger partial charge in [0.05, 0.1) is 5.25 Å². The van der Waals surface area contributed by atoms with E-state index in [1.165, 1.54) is 12.8 Å². The fourth-order valence-corrected chi connectivity index (χ4v) is 2.88. The zero-order valence-electron chi connectivity index (χ0n) is 10.5. The van der Waals surface area contributed by atoms with E-state index in [0.29, 0.717) is 12.6 Å². The Bertz CT molecular complexity index is 295. The molecule has 0 radical (unpaired) electrons. The van der Waals surface area contributed by atoms with Gasteiger partial charge in [-0.2, -0.15) is 0 Å². The molecule has 0 aromatic heterocycles. The first-order valence-electron chi connectivity index (χ1n) is 6.24. The Hall–Kier alpha value is -0.130. The summed E-state index contributed by atoms with van der Waals surface area (Å²) < 4.78 is 26.6. The average Bonchev–Trinajstić information content (AvgIpc) is 3.06. The van der Waals surface area contributed by atoms with E-state index in [1.54, 1.807) is 6.92 Å². The summed E-state index contributed by atoms with van der Waals surface area (Å²) in [5.41, 5.74) is 0. The molecule has 0 aromatic rings. The topological polar surface area (TPSA) is 58.2 Å². The van der Waals surface area contributed by atoms with Gasteiger partial charge < -0.3 is 5.32 Å². The molecule has 0 saturated heterocycles. The van der Waals surface area contributed by atoms with Crippen molar-refractivity contribution in [3.8, 4) is 0 Å². The normalized spacial score (nSPS) is 19.0. The smallest absolute Gasteiger partial charge is 0.215 e. The minimum atomic E-state index is -3.16. The van der Waals surface area contributed by atoms with Crippen LogP contribution < -0.4 is 10.0 Å². The number of hydrogen-bond acceptors (Lipinski definition) is 3. The van der Waals surface area contributed by atoms with Crippen molar-refractivity contribution in [2.45, 2.75) is 63.8 Å². The van der Waals surface area contributed by atoms with Gasteiger partial charge in [0, 0.05) is 18.6 Å². The standard InChI is InChI=1S/C11H24N2O2S/c1-4-10(5-2)13-16(14,15)9(3)8-12-11-6-7-11/h9-13H,4-8H2,1-3H3. The van der Waals surface area contributed by atoms with Crippen LogP contribution in [0, 0.1) is 0 Å². The highest BCUT2D eigenvalue weighted by atomic mass is 32.2. The summed E-state index contributed by atoms with van der Waals surface area (Å²) in [6.07, 6.45) is 4.07. The quantitative estimate of drug-likeness (QED) is 0.679. The first-order chi connectivity index (χ1) is 7.49. The van der Waals surface area contributed by atoms with Crippen molar-refractivity contribution in [1.82, 2.24) is 10.0 Å². The van der Waals surface area contributed by atoms with Crippen molar-refractivity contribution in [3.63, 3.8) is 0 Å². The lowest BCUT2D eigenvalue weighted by molar-refractivity contribution is 0.516. The van der Waals surface area contributed by atoms with E-state index in [4.69, 9.17) is 0 Å². The molecule has 1 aliphatic rings. The lowest BCUT2D eigenvalue weighted by Gasteiger charge is -2.19. The van der Waals surface area contributed by atoms with Crippen LogP contribution in [-0.2, 0) is 10.0 Å². The molecule has 5 heteroatoms. The van der Waals surface area contributed by atoms with Gasteiger partial charge in [0.1, 0.15) is 0 Å². The van der Waals surface area contributed by atoms with Gasteiger partial charge in [-0.1, -0.05) is 13.8 Å². The van der Waals surface area contributed by atoms with Crippen LogP contribution in [0.1, 0.15) is 46.5 Å². The fraction of sp³-hybridized carbons (Fsp3) is 1.00. The lowest BCUT2D eigenvalue weighted by atomic mass is 10.2. The van der Waals surface area contributed by atoms with Crippen LogP contribution in [0.3, 0.4) is 0 Å². The third-order valence-electron chi connectivity index (χ3n) is 3.12. The number of sulfonamides is 1. The molecule has 96 valence electrons. The highest BCUT2D eigenvalue weighted by Crippen LogP contribution is 2.18. The molecule has 1 rings (SSSR count). The summed E-state index contributed by atoms with van der Waals surface area (Å²) >= 11 is 0. The summed E-state index contributed by atoms with van der Waals surface area (Å²) in [6.45, 7) is 6.33. The van der Waals surface area contributed by atoms with E-state index in [1.807, 2.05) is 13.8 Å². The third kappa shape index (κ3) is 4.39. The van der Waals surface area contributed by atoms with Gasteiger partial charge in [0.25, 0.3) is 0 Å². The molecular weight excluding hydrogens is 224 g/mol. The third-order valence-corrected chi connectivity index (χ3v) is 5.01. The van der Waals surface area contributed by atoms with Gasteiger partial charge in [-0.15, -0.1) is 0 Å². The van der Waals surface area contributed by atoms with Crippen molar-refractivity contribution in [2.24, 2.45) is 0 Å². The first-order valence-corrected chi connectivity index (χ1v) is 7.78. The van der Waals surface area contributed by atoms with Crippen LogP contribution in [0.2, 0.25) is 0 Å². The second kappa shape index (κ2) is 5.98. The predicted octanol–water partition coefficient (Wildman–Crippen LogP) is 1.23. The van der Waals surface area contributed by atoms with Crippen molar-refractivity contribution < 1.29 is 8.42 Å². The Kier molecular flexibility index (Phi) is 5.21. The van der Waals surface area contributed by atoms with Crippen molar-refractivity contribution in [3.05, 3.63) is 0 Å². The number of rotatable bonds is 8. The summed E-state index contributed by atoms with van der Waals surface area (Å²) in [6, 6.07) is 0.638. The molecule has 0 heterocycles. The molecule has 0 spiro atoms. The molecule has 1 fully saturated rings. The Morgan fingerprint density at radius 1 is 1.25 bits per heavy atom. The molecule has 1 saturated carbocycles. The van der Waals surface area contributed by atoms with E-state index >= 15 is 0 Å². The molecule has 1 aliphatic carbocycles. The zero-order valence-corrected chi connectivity index (χ0v) is 11.3. The van der Waals surface area contributed by atoms with Crippen LogP contribution in [0.5, 0.6) is 0 Å². The Morgan fingerprint density at radius 2 is 1.81 bits per heavy atom. The second-order valence-corrected chi connectivity index (χ2v) is 6.80. The summed E-state index contributed by atoms with van der Waals surface area (Å²) in [5, 5.41) is 2.90. The SMILES string of the molecule is CCC(CC)NS(=O)(=O)C(C)CNC1CC1. The summed E-state index contributed by atoms with van der Waals surface area (Å²) in [4.78, 5) is 0. The molecule has 2 N–H and O–H groups in total. The molecule has 0 aromatic carbocycles. The summed E-state index contributed by atoms with van der Waals surface area (Å²) in [7, 11) is -3.16. The molecule has 16 heavy (non-hydrogen) atoms. The van der Waals surface area contributed by atoms with Crippen LogP contribution in [0.15, 0.2) is 0 Å². The highest BCUT2D eigenvalue weighted by Gasteiger charge is 2.26. The van der Waals surface area contributed by atoms with Gasteiger partial charge in [-0.25, -0.2) is 13.1 Å². The average molecular weight is 248 g/mol. The van der Waals surface area contributed by atoms with Crippen LogP contribution >= 0.6 is 0 Å². The van der Waals surface area contributed by atoms with E-state index in [-0.39, 0.29) is 11.3 Å². The maximum atomic E-state index is 11.9. The maximum absolute atomic E-state index is 11.9. The molecular formula is C11H24N2O2S. The summed E-state index contributed by atoms with van der Waals surface area (Å²) in [5.74, 6) is 0. The first kappa shape index (κ1) is 13.9. The molecule has 0 aliphatic heterocycles. The van der Waals surface area contributed by atoms with E-state index in [2.05, 4.69) is 10.0 Å². The Balaban J connectivity index is 2.40. The fourth-order valence-electron chi connectivity index (χ4n) is 1.53. The van der Waals surface area contributed by atoms with Gasteiger partial charge >= 0.3 is 0 Å². The van der Waals surface area contributed by atoms with Crippen molar-refractivity contribution in [2.75, 3.05) is 6.54 Å². The van der Waals surface area contributed by atoms with Crippen LogP contribution in [-0.4, -0.2) is 32.3 Å². The van der Waals surface area contributed by atoms with Gasteiger partial charge in [-0.3, -0.25) is 0 Å². The second-order valence-electron chi connectivity index (χ2n) is 4.67. The molecule has 0 amide bonds. The molecule has 0 bridgehead atoms. The van der Waals surface area contributed by atoms with Crippen LogP contribution in [0.25, 0.3) is 0 Å².